The number of hydrogen-bond donors (Lipinski definition) is 0. The molecular formula is C27H39N3O. The molecule has 4 heteroatoms. The summed E-state index contributed by atoms with van der Waals surface area (Å²) in [4.78, 5) is 7.36. The fourth-order valence-electron chi connectivity index (χ4n) is 4.10. The zero-order chi connectivity index (χ0) is 22.1. The van der Waals surface area contributed by atoms with Gasteiger partial charge in [0.1, 0.15) is 11.4 Å². The molecule has 3 rings (SSSR count). The van der Waals surface area contributed by atoms with E-state index in [4.69, 9.17) is 9.72 Å². The van der Waals surface area contributed by atoms with Crippen LogP contribution in [0, 0.1) is 6.92 Å². The summed E-state index contributed by atoms with van der Waals surface area (Å²) in [6.07, 6.45) is 12.8. The molecule has 1 aromatic carbocycles. The first kappa shape index (κ1) is 23.3. The second kappa shape index (κ2) is 11.9. The molecule has 1 unspecified atom stereocenters. The van der Waals surface area contributed by atoms with Crippen molar-refractivity contribution in [2.24, 2.45) is 0 Å². The lowest BCUT2D eigenvalue weighted by Gasteiger charge is -2.31. The minimum absolute atomic E-state index is 0.136. The van der Waals surface area contributed by atoms with Crippen LogP contribution in [0.1, 0.15) is 71.3 Å². The van der Waals surface area contributed by atoms with Gasteiger partial charge in [-0.15, -0.1) is 0 Å². The molecule has 0 saturated carbocycles. The van der Waals surface area contributed by atoms with Gasteiger partial charge in [-0.1, -0.05) is 52.5 Å². The molecule has 0 saturated heterocycles. The number of pyridine rings is 1. The van der Waals surface area contributed by atoms with Crippen molar-refractivity contribution in [2.75, 3.05) is 13.1 Å². The standard InChI is InChI=1S/C27H39N3O/c1-5-8-10-18-29(19-11-9-6-2)26(7-3)31-24-16-14-23(15-17-24)25-21-30-20-12-13-22(4)27(30)28-25/h12-17,20-21,26H,5-11,18-19H2,1-4H3. The molecule has 0 fully saturated rings. The Balaban J connectivity index is 1.69. The largest absolute Gasteiger partial charge is 0.475 e. The lowest BCUT2D eigenvalue weighted by molar-refractivity contribution is 0.0197. The number of hydrogen-bond acceptors (Lipinski definition) is 3. The summed E-state index contributed by atoms with van der Waals surface area (Å²) in [5.74, 6) is 0.937. The fourth-order valence-corrected chi connectivity index (χ4v) is 4.10. The molecule has 0 aliphatic carbocycles. The van der Waals surface area contributed by atoms with Gasteiger partial charge in [0, 0.05) is 31.0 Å². The molecule has 0 amide bonds. The van der Waals surface area contributed by atoms with E-state index in [2.05, 4.69) is 79.6 Å². The van der Waals surface area contributed by atoms with E-state index in [1.807, 2.05) is 6.20 Å². The Morgan fingerprint density at radius 3 is 2.19 bits per heavy atom. The van der Waals surface area contributed by atoms with Gasteiger partial charge in [0.15, 0.2) is 6.23 Å². The number of benzene rings is 1. The second-order valence-corrected chi connectivity index (χ2v) is 8.50. The number of unbranched alkanes of at least 4 members (excludes halogenated alkanes) is 4. The molecule has 168 valence electrons. The van der Waals surface area contributed by atoms with Gasteiger partial charge in [0.05, 0.1) is 5.69 Å². The molecule has 0 radical (unpaired) electrons. The summed E-state index contributed by atoms with van der Waals surface area (Å²) in [5.41, 5.74) is 4.31. The number of fused-ring (bicyclic) bond motifs is 1. The molecule has 1 atom stereocenters. The van der Waals surface area contributed by atoms with Crippen molar-refractivity contribution in [3.05, 3.63) is 54.4 Å². The topological polar surface area (TPSA) is 29.8 Å². The van der Waals surface area contributed by atoms with Crippen LogP contribution in [0.3, 0.4) is 0 Å². The normalized spacial score (nSPS) is 12.5. The van der Waals surface area contributed by atoms with Gasteiger partial charge < -0.3 is 9.14 Å². The highest BCUT2D eigenvalue weighted by molar-refractivity contribution is 5.64. The third kappa shape index (κ3) is 6.33. The lowest BCUT2D eigenvalue weighted by atomic mass is 10.1. The molecule has 3 aromatic rings. The monoisotopic (exact) mass is 421 g/mol. The predicted octanol–water partition coefficient (Wildman–Crippen LogP) is 7.11. The van der Waals surface area contributed by atoms with E-state index >= 15 is 0 Å². The third-order valence-electron chi connectivity index (χ3n) is 5.95. The van der Waals surface area contributed by atoms with Crippen LogP contribution in [-0.2, 0) is 0 Å². The number of aryl methyl sites for hydroxylation is 1. The van der Waals surface area contributed by atoms with Crippen LogP contribution >= 0.6 is 0 Å². The minimum atomic E-state index is 0.136. The zero-order valence-corrected chi connectivity index (χ0v) is 19.8. The highest BCUT2D eigenvalue weighted by Crippen LogP contribution is 2.24. The van der Waals surface area contributed by atoms with E-state index in [9.17, 15) is 0 Å². The summed E-state index contributed by atoms with van der Waals surface area (Å²) in [6.45, 7) is 11.1. The first-order chi connectivity index (χ1) is 15.2. The van der Waals surface area contributed by atoms with Gasteiger partial charge in [-0.3, -0.25) is 4.90 Å². The minimum Gasteiger partial charge on any atom is -0.475 e. The summed E-state index contributed by atoms with van der Waals surface area (Å²) in [7, 11) is 0. The zero-order valence-electron chi connectivity index (χ0n) is 19.8. The van der Waals surface area contributed by atoms with E-state index in [1.165, 1.54) is 44.1 Å². The maximum absolute atomic E-state index is 6.46. The third-order valence-corrected chi connectivity index (χ3v) is 5.95. The molecule has 2 aromatic heterocycles. The van der Waals surface area contributed by atoms with Crippen LogP contribution in [0.2, 0.25) is 0 Å². The Morgan fingerprint density at radius 1 is 0.935 bits per heavy atom. The molecule has 0 aliphatic heterocycles. The van der Waals surface area contributed by atoms with Gasteiger partial charge >= 0.3 is 0 Å². The van der Waals surface area contributed by atoms with Gasteiger partial charge in [0.2, 0.25) is 0 Å². The quantitative estimate of drug-likeness (QED) is 0.218. The summed E-state index contributed by atoms with van der Waals surface area (Å²) >= 11 is 0. The first-order valence-corrected chi connectivity index (χ1v) is 12.1. The highest BCUT2D eigenvalue weighted by atomic mass is 16.5. The molecule has 31 heavy (non-hydrogen) atoms. The Bertz CT molecular complexity index is 906. The van der Waals surface area contributed by atoms with E-state index in [1.54, 1.807) is 0 Å². The first-order valence-electron chi connectivity index (χ1n) is 12.1. The Morgan fingerprint density at radius 2 is 1.61 bits per heavy atom. The van der Waals surface area contributed by atoms with Gasteiger partial charge in [0.25, 0.3) is 0 Å². The van der Waals surface area contributed by atoms with Crippen LogP contribution in [0.5, 0.6) is 5.75 Å². The number of imidazole rings is 1. The Hall–Kier alpha value is -2.33. The number of aromatic nitrogens is 2. The van der Waals surface area contributed by atoms with E-state index < -0.39 is 0 Å². The molecule has 0 spiro atoms. The van der Waals surface area contributed by atoms with Crippen LogP contribution < -0.4 is 4.74 Å². The molecule has 2 heterocycles. The van der Waals surface area contributed by atoms with Gasteiger partial charge in [-0.25, -0.2) is 4.98 Å². The van der Waals surface area contributed by atoms with Crippen molar-refractivity contribution in [2.45, 2.75) is 78.9 Å². The number of ether oxygens (including phenoxy) is 1. The van der Waals surface area contributed by atoms with Crippen molar-refractivity contribution in [1.29, 1.82) is 0 Å². The van der Waals surface area contributed by atoms with Crippen molar-refractivity contribution in [3.8, 4) is 17.0 Å². The van der Waals surface area contributed by atoms with E-state index in [0.717, 1.165) is 42.2 Å². The summed E-state index contributed by atoms with van der Waals surface area (Å²) < 4.78 is 8.55. The fraction of sp³-hybridized carbons (Fsp3) is 0.519. The molecule has 0 bridgehead atoms. The van der Waals surface area contributed by atoms with E-state index in [-0.39, 0.29) is 6.23 Å². The van der Waals surface area contributed by atoms with Crippen LogP contribution in [0.25, 0.3) is 16.9 Å². The molecule has 4 nitrogen and oxygen atoms in total. The van der Waals surface area contributed by atoms with Crippen LogP contribution in [0.4, 0.5) is 0 Å². The van der Waals surface area contributed by atoms with Crippen molar-refractivity contribution < 1.29 is 4.74 Å². The SMILES string of the molecule is CCCCCN(CCCCC)C(CC)Oc1ccc(-c2cn3cccc(C)c3n2)cc1. The van der Waals surface area contributed by atoms with Crippen molar-refractivity contribution >= 4 is 5.65 Å². The van der Waals surface area contributed by atoms with Gasteiger partial charge in [-0.2, -0.15) is 0 Å². The predicted molar refractivity (Wildman–Crippen MR) is 131 cm³/mol. The average molecular weight is 422 g/mol. The molecule has 0 N–H and O–H groups in total. The van der Waals surface area contributed by atoms with Crippen LogP contribution in [0.15, 0.2) is 48.8 Å². The highest BCUT2D eigenvalue weighted by Gasteiger charge is 2.18. The number of rotatable bonds is 13. The van der Waals surface area contributed by atoms with Crippen molar-refractivity contribution in [3.63, 3.8) is 0 Å². The molecule has 0 aliphatic rings. The maximum Gasteiger partial charge on any atom is 0.152 e. The average Bonchev–Trinajstić information content (AvgIpc) is 3.23. The Kier molecular flexibility index (Phi) is 8.96. The summed E-state index contributed by atoms with van der Waals surface area (Å²) in [6, 6.07) is 12.6. The second-order valence-electron chi connectivity index (χ2n) is 8.50. The lowest BCUT2D eigenvalue weighted by Crippen LogP contribution is -2.40. The smallest absolute Gasteiger partial charge is 0.152 e. The van der Waals surface area contributed by atoms with Gasteiger partial charge in [-0.05, 0) is 62.1 Å². The molecular weight excluding hydrogens is 382 g/mol. The summed E-state index contributed by atoms with van der Waals surface area (Å²) in [5, 5.41) is 0. The van der Waals surface area contributed by atoms with E-state index in [0.29, 0.717) is 0 Å². The Labute approximate surface area is 188 Å². The van der Waals surface area contributed by atoms with Crippen molar-refractivity contribution in [1.82, 2.24) is 14.3 Å². The number of nitrogens with zero attached hydrogens (tertiary/aromatic N) is 3. The van der Waals surface area contributed by atoms with Crippen LogP contribution in [-0.4, -0.2) is 33.6 Å². The maximum atomic E-state index is 6.46.